The lowest BCUT2D eigenvalue weighted by Crippen LogP contribution is -2.41. The standard InChI is InChI=1S/C16H21N3O4/c1-23-13-8-6-7-12(14(13)20)11-17-18-15(21)16(22)19-9-4-2-3-5-10-19/h6-8,11,20H,2-5,9-10H2,1H3,(H,18,21)/b17-11+. The van der Waals surface area contributed by atoms with E-state index < -0.39 is 11.8 Å². The van der Waals surface area contributed by atoms with Gasteiger partial charge in [0.1, 0.15) is 0 Å². The Morgan fingerprint density at radius 1 is 1.26 bits per heavy atom. The monoisotopic (exact) mass is 319 g/mol. The molecule has 23 heavy (non-hydrogen) atoms. The minimum atomic E-state index is -0.773. The largest absolute Gasteiger partial charge is 0.504 e. The number of likely N-dealkylation sites (tertiary alicyclic amines) is 1. The number of amides is 2. The highest BCUT2D eigenvalue weighted by Gasteiger charge is 2.22. The molecule has 0 saturated carbocycles. The number of methoxy groups -OCH3 is 1. The number of phenolic OH excluding ortho intramolecular Hbond substituents is 1. The zero-order chi connectivity index (χ0) is 16.7. The Labute approximate surface area is 134 Å². The zero-order valence-corrected chi connectivity index (χ0v) is 13.1. The van der Waals surface area contributed by atoms with E-state index in [0.717, 1.165) is 25.7 Å². The maximum atomic E-state index is 12.0. The molecule has 0 aliphatic carbocycles. The highest BCUT2D eigenvalue weighted by molar-refractivity contribution is 6.35. The molecule has 0 spiro atoms. The summed E-state index contributed by atoms with van der Waals surface area (Å²) in [5, 5.41) is 13.6. The Bertz CT molecular complexity index is 593. The molecule has 2 N–H and O–H groups in total. The van der Waals surface area contributed by atoms with Crippen LogP contribution >= 0.6 is 0 Å². The predicted molar refractivity (Wildman–Crippen MR) is 85.4 cm³/mol. The van der Waals surface area contributed by atoms with Gasteiger partial charge in [0, 0.05) is 18.7 Å². The smallest absolute Gasteiger partial charge is 0.329 e. The number of para-hydroxylation sites is 1. The Balaban J connectivity index is 1.94. The number of nitrogens with zero attached hydrogens (tertiary/aromatic N) is 2. The molecule has 1 aliphatic heterocycles. The van der Waals surface area contributed by atoms with Crippen molar-refractivity contribution in [1.82, 2.24) is 10.3 Å². The van der Waals surface area contributed by atoms with Crippen LogP contribution in [-0.2, 0) is 9.59 Å². The van der Waals surface area contributed by atoms with Crippen molar-refractivity contribution in [3.05, 3.63) is 23.8 Å². The number of rotatable bonds is 3. The molecule has 0 unspecified atom stereocenters. The average molecular weight is 319 g/mol. The van der Waals surface area contributed by atoms with Gasteiger partial charge in [0.15, 0.2) is 11.5 Å². The fourth-order valence-electron chi connectivity index (χ4n) is 2.43. The lowest BCUT2D eigenvalue weighted by molar-refractivity contribution is -0.145. The Morgan fingerprint density at radius 2 is 1.96 bits per heavy atom. The van der Waals surface area contributed by atoms with Crippen molar-refractivity contribution in [2.24, 2.45) is 5.10 Å². The van der Waals surface area contributed by atoms with E-state index in [2.05, 4.69) is 10.5 Å². The summed E-state index contributed by atoms with van der Waals surface area (Å²) in [6.07, 6.45) is 5.27. The van der Waals surface area contributed by atoms with Crippen LogP contribution in [0.2, 0.25) is 0 Å². The lowest BCUT2D eigenvalue weighted by Gasteiger charge is -2.18. The first-order valence-corrected chi connectivity index (χ1v) is 7.61. The van der Waals surface area contributed by atoms with Crippen molar-refractivity contribution in [2.45, 2.75) is 25.7 Å². The van der Waals surface area contributed by atoms with E-state index in [1.165, 1.54) is 13.3 Å². The van der Waals surface area contributed by atoms with E-state index in [-0.39, 0.29) is 5.75 Å². The fourth-order valence-corrected chi connectivity index (χ4v) is 2.43. The van der Waals surface area contributed by atoms with Crippen LogP contribution in [0.3, 0.4) is 0 Å². The van der Waals surface area contributed by atoms with Crippen molar-refractivity contribution in [3.8, 4) is 11.5 Å². The Hall–Kier alpha value is -2.57. The SMILES string of the molecule is COc1cccc(/C=N/NC(=O)C(=O)N2CCCCCC2)c1O. The van der Waals surface area contributed by atoms with Crippen molar-refractivity contribution in [2.75, 3.05) is 20.2 Å². The normalized spacial score (nSPS) is 15.3. The van der Waals surface area contributed by atoms with E-state index in [1.54, 1.807) is 23.1 Å². The molecule has 0 radical (unpaired) electrons. The second kappa shape index (κ2) is 8.17. The molecule has 1 heterocycles. The summed E-state index contributed by atoms with van der Waals surface area (Å²) in [7, 11) is 1.44. The Morgan fingerprint density at radius 3 is 2.61 bits per heavy atom. The van der Waals surface area contributed by atoms with Gasteiger partial charge in [-0.3, -0.25) is 9.59 Å². The van der Waals surface area contributed by atoms with Crippen LogP contribution < -0.4 is 10.2 Å². The highest BCUT2D eigenvalue weighted by atomic mass is 16.5. The summed E-state index contributed by atoms with van der Waals surface area (Å²) >= 11 is 0. The summed E-state index contributed by atoms with van der Waals surface area (Å²) in [5.41, 5.74) is 2.58. The summed E-state index contributed by atoms with van der Waals surface area (Å²) in [6, 6.07) is 4.91. The number of benzene rings is 1. The molecule has 2 amide bonds. The zero-order valence-electron chi connectivity index (χ0n) is 13.1. The van der Waals surface area contributed by atoms with Gasteiger partial charge < -0.3 is 14.7 Å². The molecule has 2 rings (SSSR count). The van der Waals surface area contributed by atoms with Gasteiger partial charge in [0.25, 0.3) is 0 Å². The van der Waals surface area contributed by atoms with Gasteiger partial charge in [-0.15, -0.1) is 0 Å². The number of hydrogen-bond donors (Lipinski definition) is 2. The molecule has 0 atom stereocenters. The molecule has 1 saturated heterocycles. The van der Waals surface area contributed by atoms with Crippen LogP contribution in [0.5, 0.6) is 11.5 Å². The number of carbonyl (C=O) groups excluding carboxylic acids is 2. The van der Waals surface area contributed by atoms with Gasteiger partial charge in [-0.25, -0.2) is 5.43 Å². The maximum Gasteiger partial charge on any atom is 0.329 e. The topological polar surface area (TPSA) is 91.2 Å². The molecular formula is C16H21N3O4. The summed E-state index contributed by atoms with van der Waals surface area (Å²) in [6.45, 7) is 1.21. The number of carbonyl (C=O) groups is 2. The number of nitrogens with one attached hydrogen (secondary N) is 1. The van der Waals surface area contributed by atoms with Crippen LogP contribution in [0.1, 0.15) is 31.2 Å². The third kappa shape index (κ3) is 4.45. The Kier molecular flexibility index (Phi) is 5.96. The third-order valence-corrected chi connectivity index (χ3v) is 3.71. The summed E-state index contributed by atoms with van der Waals surface area (Å²) < 4.78 is 4.98. The lowest BCUT2D eigenvalue weighted by atomic mass is 10.2. The first kappa shape index (κ1) is 16.8. The van der Waals surface area contributed by atoms with Gasteiger partial charge in [-0.1, -0.05) is 18.9 Å². The van der Waals surface area contributed by atoms with Crippen molar-refractivity contribution in [1.29, 1.82) is 0 Å². The van der Waals surface area contributed by atoms with Crippen LogP contribution in [0.4, 0.5) is 0 Å². The van der Waals surface area contributed by atoms with Gasteiger partial charge in [0.05, 0.1) is 13.3 Å². The minimum Gasteiger partial charge on any atom is -0.504 e. The fraction of sp³-hybridized carbons (Fsp3) is 0.438. The molecule has 1 aromatic rings. The van der Waals surface area contributed by atoms with E-state index >= 15 is 0 Å². The number of ether oxygens (including phenoxy) is 1. The van der Waals surface area contributed by atoms with E-state index in [4.69, 9.17) is 4.74 Å². The van der Waals surface area contributed by atoms with Gasteiger partial charge in [-0.05, 0) is 25.0 Å². The van der Waals surface area contributed by atoms with Crippen LogP contribution in [0.25, 0.3) is 0 Å². The van der Waals surface area contributed by atoms with Gasteiger partial charge in [-0.2, -0.15) is 5.10 Å². The van der Waals surface area contributed by atoms with E-state index in [9.17, 15) is 14.7 Å². The minimum absolute atomic E-state index is 0.0770. The van der Waals surface area contributed by atoms with Crippen molar-refractivity contribution >= 4 is 18.0 Å². The molecule has 0 aromatic heterocycles. The van der Waals surface area contributed by atoms with E-state index in [1.807, 2.05) is 0 Å². The van der Waals surface area contributed by atoms with E-state index in [0.29, 0.717) is 24.4 Å². The number of phenols is 1. The van der Waals surface area contributed by atoms with Gasteiger partial charge in [0.2, 0.25) is 0 Å². The average Bonchev–Trinajstić information content (AvgIpc) is 2.85. The van der Waals surface area contributed by atoms with Crippen LogP contribution in [0, 0.1) is 0 Å². The first-order valence-electron chi connectivity index (χ1n) is 7.61. The quantitative estimate of drug-likeness (QED) is 0.498. The molecule has 124 valence electrons. The number of aromatic hydroxyl groups is 1. The molecule has 1 aromatic carbocycles. The number of hydrazone groups is 1. The summed E-state index contributed by atoms with van der Waals surface area (Å²) in [4.78, 5) is 25.4. The molecule has 1 fully saturated rings. The molecule has 7 heteroatoms. The van der Waals surface area contributed by atoms with Crippen molar-refractivity contribution < 1.29 is 19.4 Å². The van der Waals surface area contributed by atoms with Crippen LogP contribution in [0.15, 0.2) is 23.3 Å². The highest BCUT2D eigenvalue weighted by Crippen LogP contribution is 2.27. The van der Waals surface area contributed by atoms with Gasteiger partial charge >= 0.3 is 11.8 Å². The van der Waals surface area contributed by atoms with Crippen molar-refractivity contribution in [3.63, 3.8) is 0 Å². The predicted octanol–water partition coefficient (Wildman–Crippen LogP) is 1.25. The molecule has 0 bridgehead atoms. The van der Waals surface area contributed by atoms with Crippen LogP contribution in [-0.4, -0.2) is 48.2 Å². The second-order valence-electron chi connectivity index (χ2n) is 5.30. The molecule has 1 aliphatic rings. The summed E-state index contributed by atoms with van der Waals surface area (Å²) in [5.74, 6) is -1.11. The second-order valence-corrected chi connectivity index (χ2v) is 5.30. The molecular weight excluding hydrogens is 298 g/mol. The third-order valence-electron chi connectivity index (χ3n) is 3.71. The maximum absolute atomic E-state index is 12.0. The molecule has 7 nitrogen and oxygen atoms in total. The number of hydrogen-bond acceptors (Lipinski definition) is 5. The first-order chi connectivity index (χ1) is 11.1.